The molecule has 2 aromatic rings. The van der Waals surface area contributed by atoms with Crippen molar-refractivity contribution in [3.8, 4) is 11.3 Å². The van der Waals surface area contributed by atoms with E-state index in [0.717, 1.165) is 25.2 Å². The van der Waals surface area contributed by atoms with Crippen LogP contribution in [0, 0.1) is 0 Å². The van der Waals surface area contributed by atoms with Crippen molar-refractivity contribution >= 4 is 11.3 Å². The summed E-state index contributed by atoms with van der Waals surface area (Å²) in [7, 11) is 0. The number of aromatic amines is 1. The fourth-order valence-electron chi connectivity index (χ4n) is 1.86. The maximum Gasteiger partial charge on any atom is 0.0976 e. The first-order valence-electron chi connectivity index (χ1n) is 4.74. The highest BCUT2D eigenvalue weighted by molar-refractivity contribution is 7.08. The molecule has 0 fully saturated rings. The Morgan fingerprint density at radius 1 is 1.43 bits per heavy atom. The summed E-state index contributed by atoms with van der Waals surface area (Å²) in [6, 6.07) is 2.12. The number of fused-ring (bicyclic) bond motifs is 1. The standard InChI is InChI=1S/C10H11N3S/c1-3-11-5-8-9(1)12-13-10(8)7-2-4-14-6-7/h2,4,6,11H,1,3,5H2,(H,12,13). The van der Waals surface area contributed by atoms with E-state index in [9.17, 15) is 0 Å². The lowest BCUT2D eigenvalue weighted by Crippen LogP contribution is -2.23. The molecule has 4 heteroatoms. The first kappa shape index (κ1) is 8.20. The third-order valence-corrected chi connectivity index (χ3v) is 3.28. The van der Waals surface area contributed by atoms with Crippen molar-refractivity contribution in [3.05, 3.63) is 28.1 Å². The van der Waals surface area contributed by atoms with Gasteiger partial charge >= 0.3 is 0 Å². The second kappa shape index (κ2) is 3.22. The van der Waals surface area contributed by atoms with Gasteiger partial charge in [0, 0.05) is 41.7 Å². The highest BCUT2D eigenvalue weighted by Gasteiger charge is 2.17. The van der Waals surface area contributed by atoms with Crippen LogP contribution in [0.15, 0.2) is 16.8 Å². The second-order valence-electron chi connectivity index (χ2n) is 3.47. The summed E-state index contributed by atoms with van der Waals surface area (Å²) in [5, 5.41) is 15.1. The van der Waals surface area contributed by atoms with Gasteiger partial charge in [-0.25, -0.2) is 0 Å². The molecule has 2 aromatic heterocycles. The third kappa shape index (κ3) is 1.19. The first-order valence-corrected chi connectivity index (χ1v) is 5.69. The third-order valence-electron chi connectivity index (χ3n) is 2.60. The molecular weight excluding hydrogens is 194 g/mol. The van der Waals surface area contributed by atoms with Gasteiger partial charge in [0.05, 0.1) is 5.69 Å². The van der Waals surface area contributed by atoms with Crippen molar-refractivity contribution in [1.29, 1.82) is 0 Å². The van der Waals surface area contributed by atoms with Crippen molar-refractivity contribution in [2.75, 3.05) is 6.54 Å². The summed E-state index contributed by atoms with van der Waals surface area (Å²) < 4.78 is 0. The van der Waals surface area contributed by atoms with E-state index in [4.69, 9.17) is 0 Å². The maximum atomic E-state index is 4.38. The van der Waals surface area contributed by atoms with Crippen LogP contribution in [0.2, 0.25) is 0 Å². The van der Waals surface area contributed by atoms with E-state index in [-0.39, 0.29) is 0 Å². The Morgan fingerprint density at radius 3 is 3.29 bits per heavy atom. The molecule has 0 bridgehead atoms. The van der Waals surface area contributed by atoms with E-state index in [0.29, 0.717) is 0 Å². The van der Waals surface area contributed by atoms with Crippen LogP contribution in [0.5, 0.6) is 0 Å². The Balaban J connectivity index is 2.11. The lowest BCUT2D eigenvalue weighted by atomic mass is 10.0. The van der Waals surface area contributed by atoms with Crippen molar-refractivity contribution in [1.82, 2.24) is 15.5 Å². The molecule has 14 heavy (non-hydrogen) atoms. The van der Waals surface area contributed by atoms with Crippen LogP contribution in [-0.2, 0) is 13.0 Å². The van der Waals surface area contributed by atoms with Gasteiger partial charge in [0.25, 0.3) is 0 Å². The van der Waals surface area contributed by atoms with E-state index in [1.54, 1.807) is 11.3 Å². The van der Waals surface area contributed by atoms with Crippen LogP contribution < -0.4 is 5.32 Å². The van der Waals surface area contributed by atoms with Gasteiger partial charge in [0.1, 0.15) is 0 Å². The number of nitrogens with zero attached hydrogens (tertiary/aromatic N) is 1. The molecule has 0 saturated carbocycles. The van der Waals surface area contributed by atoms with Crippen LogP contribution in [0.4, 0.5) is 0 Å². The molecule has 0 spiro atoms. The molecule has 0 aliphatic carbocycles. The van der Waals surface area contributed by atoms with E-state index < -0.39 is 0 Å². The SMILES string of the molecule is c1cc(-c2n[nH]c3c2CNCC3)cs1. The van der Waals surface area contributed by atoms with Crippen molar-refractivity contribution < 1.29 is 0 Å². The summed E-state index contributed by atoms with van der Waals surface area (Å²) in [4.78, 5) is 0. The van der Waals surface area contributed by atoms with E-state index in [2.05, 4.69) is 32.3 Å². The number of H-pyrrole nitrogens is 1. The van der Waals surface area contributed by atoms with Gasteiger partial charge in [-0.3, -0.25) is 5.10 Å². The van der Waals surface area contributed by atoms with Gasteiger partial charge in [0.2, 0.25) is 0 Å². The Hall–Kier alpha value is -1.13. The fraction of sp³-hybridized carbons (Fsp3) is 0.300. The Labute approximate surface area is 86.2 Å². The molecule has 1 aliphatic heterocycles. The van der Waals surface area contributed by atoms with Crippen LogP contribution in [0.25, 0.3) is 11.3 Å². The van der Waals surface area contributed by atoms with E-state index in [1.807, 2.05) is 0 Å². The molecule has 0 unspecified atom stereocenters. The molecule has 72 valence electrons. The molecule has 0 saturated heterocycles. The first-order chi connectivity index (χ1) is 6.95. The summed E-state index contributed by atoms with van der Waals surface area (Å²) in [5.41, 5.74) is 4.99. The molecule has 2 N–H and O–H groups in total. The lowest BCUT2D eigenvalue weighted by Gasteiger charge is -2.12. The molecule has 3 heterocycles. The molecule has 0 radical (unpaired) electrons. The van der Waals surface area contributed by atoms with Crippen molar-refractivity contribution in [2.24, 2.45) is 0 Å². The minimum absolute atomic E-state index is 0.941. The normalized spacial score (nSPS) is 15.4. The van der Waals surface area contributed by atoms with Crippen LogP contribution in [0.3, 0.4) is 0 Å². The fourth-order valence-corrected chi connectivity index (χ4v) is 2.50. The highest BCUT2D eigenvalue weighted by atomic mass is 32.1. The average molecular weight is 205 g/mol. The quantitative estimate of drug-likeness (QED) is 0.745. The highest BCUT2D eigenvalue weighted by Crippen LogP contribution is 2.27. The zero-order valence-electron chi connectivity index (χ0n) is 7.71. The number of hydrogen-bond donors (Lipinski definition) is 2. The predicted octanol–water partition coefficient (Wildman–Crippen LogP) is 1.78. The summed E-state index contributed by atoms with van der Waals surface area (Å²) in [6.45, 7) is 2.00. The van der Waals surface area contributed by atoms with Gasteiger partial charge in [-0.2, -0.15) is 16.4 Å². The van der Waals surface area contributed by atoms with Crippen molar-refractivity contribution in [2.45, 2.75) is 13.0 Å². The molecule has 0 atom stereocenters. The zero-order valence-corrected chi connectivity index (χ0v) is 8.53. The molecule has 3 rings (SSSR count). The van der Waals surface area contributed by atoms with Gasteiger partial charge in [-0.15, -0.1) is 0 Å². The number of thiophene rings is 1. The van der Waals surface area contributed by atoms with Crippen LogP contribution in [-0.4, -0.2) is 16.7 Å². The summed E-state index contributed by atoms with van der Waals surface area (Å²) in [6.07, 6.45) is 1.06. The molecule has 3 nitrogen and oxygen atoms in total. The summed E-state index contributed by atoms with van der Waals surface area (Å²) in [5.74, 6) is 0. The van der Waals surface area contributed by atoms with Crippen molar-refractivity contribution in [3.63, 3.8) is 0 Å². The Morgan fingerprint density at radius 2 is 2.43 bits per heavy atom. The monoisotopic (exact) mass is 205 g/mol. The molecular formula is C10H11N3S. The maximum absolute atomic E-state index is 4.38. The Bertz CT molecular complexity index is 430. The summed E-state index contributed by atoms with van der Waals surface area (Å²) >= 11 is 1.71. The smallest absolute Gasteiger partial charge is 0.0976 e. The number of rotatable bonds is 1. The van der Waals surface area contributed by atoms with Gasteiger partial charge in [0.15, 0.2) is 0 Å². The average Bonchev–Trinajstić information content (AvgIpc) is 2.85. The predicted molar refractivity (Wildman–Crippen MR) is 57.3 cm³/mol. The molecule has 0 aromatic carbocycles. The topological polar surface area (TPSA) is 40.7 Å². The molecule has 1 aliphatic rings. The second-order valence-corrected chi connectivity index (χ2v) is 4.25. The van der Waals surface area contributed by atoms with E-state index in [1.165, 1.54) is 16.8 Å². The zero-order chi connectivity index (χ0) is 9.38. The largest absolute Gasteiger partial charge is 0.312 e. The van der Waals surface area contributed by atoms with E-state index >= 15 is 0 Å². The van der Waals surface area contributed by atoms with Gasteiger partial charge in [-0.05, 0) is 11.4 Å². The van der Waals surface area contributed by atoms with Crippen LogP contribution >= 0.6 is 11.3 Å². The Kier molecular flexibility index (Phi) is 1.89. The van der Waals surface area contributed by atoms with Gasteiger partial charge < -0.3 is 5.32 Å². The number of nitrogens with one attached hydrogen (secondary N) is 2. The number of hydrogen-bond acceptors (Lipinski definition) is 3. The number of aromatic nitrogens is 2. The van der Waals surface area contributed by atoms with Crippen LogP contribution in [0.1, 0.15) is 11.3 Å². The minimum Gasteiger partial charge on any atom is -0.312 e. The minimum atomic E-state index is 0.941. The molecule has 0 amide bonds. The van der Waals surface area contributed by atoms with Gasteiger partial charge in [-0.1, -0.05) is 0 Å². The lowest BCUT2D eigenvalue weighted by molar-refractivity contribution is 0.637.